The highest BCUT2D eigenvalue weighted by atomic mass is 16.2. The SMILES string of the molecule is C[C@H](NC(=O)N[C@@H](CN1CCCC1=O)c1ccccc1)[C@@H]1C[C@H]2CC[C@H]1C2. The molecule has 27 heavy (non-hydrogen) atoms. The molecule has 3 fully saturated rings. The highest BCUT2D eigenvalue weighted by Crippen LogP contribution is 2.49. The lowest BCUT2D eigenvalue weighted by atomic mass is 9.84. The maximum absolute atomic E-state index is 12.7. The quantitative estimate of drug-likeness (QED) is 0.806. The molecule has 1 aromatic rings. The van der Waals surface area contributed by atoms with Gasteiger partial charge < -0.3 is 15.5 Å². The Kier molecular flexibility index (Phi) is 5.37. The molecule has 5 nitrogen and oxygen atoms in total. The Morgan fingerprint density at radius 2 is 2.00 bits per heavy atom. The zero-order chi connectivity index (χ0) is 18.8. The van der Waals surface area contributed by atoms with Crippen molar-refractivity contribution in [2.75, 3.05) is 13.1 Å². The van der Waals surface area contributed by atoms with Gasteiger partial charge in [-0.3, -0.25) is 4.79 Å². The van der Waals surface area contributed by atoms with E-state index in [9.17, 15) is 9.59 Å². The molecule has 2 bridgehead atoms. The highest BCUT2D eigenvalue weighted by molar-refractivity contribution is 5.78. The lowest BCUT2D eigenvalue weighted by molar-refractivity contribution is -0.128. The van der Waals surface area contributed by atoms with Gasteiger partial charge in [0.15, 0.2) is 0 Å². The summed E-state index contributed by atoms with van der Waals surface area (Å²) in [6.45, 7) is 3.47. The van der Waals surface area contributed by atoms with Crippen LogP contribution in [0.3, 0.4) is 0 Å². The average molecular weight is 370 g/mol. The van der Waals surface area contributed by atoms with Gasteiger partial charge in [0.05, 0.1) is 6.04 Å². The van der Waals surface area contributed by atoms with E-state index in [1.165, 1.54) is 25.7 Å². The molecule has 1 heterocycles. The molecule has 5 heteroatoms. The largest absolute Gasteiger partial charge is 0.340 e. The minimum absolute atomic E-state index is 0.120. The maximum atomic E-state index is 12.7. The molecular weight excluding hydrogens is 338 g/mol. The van der Waals surface area contributed by atoms with Gasteiger partial charge in [-0.25, -0.2) is 4.79 Å². The van der Waals surface area contributed by atoms with E-state index < -0.39 is 0 Å². The van der Waals surface area contributed by atoms with Crippen LogP contribution in [0, 0.1) is 17.8 Å². The second kappa shape index (κ2) is 7.91. The molecule has 0 aromatic heterocycles. The number of carbonyl (C=O) groups is 2. The van der Waals surface area contributed by atoms with Gasteiger partial charge in [0.2, 0.25) is 5.91 Å². The molecular formula is C22H31N3O2. The number of likely N-dealkylation sites (tertiary alicyclic amines) is 1. The normalized spacial score (nSPS) is 29.0. The van der Waals surface area contributed by atoms with Gasteiger partial charge in [-0.1, -0.05) is 36.8 Å². The van der Waals surface area contributed by atoms with Crippen molar-refractivity contribution >= 4 is 11.9 Å². The third-order valence-electron chi connectivity index (χ3n) is 6.88. The van der Waals surface area contributed by atoms with Crippen molar-refractivity contribution in [3.63, 3.8) is 0 Å². The average Bonchev–Trinajstić information content (AvgIpc) is 3.39. The Hall–Kier alpha value is -2.04. The Morgan fingerprint density at radius 3 is 2.63 bits per heavy atom. The predicted octanol–water partition coefficient (Wildman–Crippen LogP) is 3.47. The minimum Gasteiger partial charge on any atom is -0.340 e. The van der Waals surface area contributed by atoms with Crippen LogP contribution in [0.4, 0.5) is 4.79 Å². The number of nitrogens with zero attached hydrogens (tertiary/aromatic N) is 1. The van der Waals surface area contributed by atoms with Crippen LogP contribution in [0.1, 0.15) is 57.1 Å². The van der Waals surface area contributed by atoms with Crippen molar-refractivity contribution < 1.29 is 9.59 Å². The van der Waals surface area contributed by atoms with Crippen LogP contribution in [0.5, 0.6) is 0 Å². The fourth-order valence-electron chi connectivity index (χ4n) is 5.46. The van der Waals surface area contributed by atoms with E-state index in [0.29, 0.717) is 18.9 Å². The van der Waals surface area contributed by atoms with Gasteiger partial charge >= 0.3 is 6.03 Å². The molecule has 1 aromatic carbocycles. The summed E-state index contributed by atoms with van der Waals surface area (Å²) >= 11 is 0. The van der Waals surface area contributed by atoms with Crippen molar-refractivity contribution in [1.29, 1.82) is 0 Å². The van der Waals surface area contributed by atoms with Crippen LogP contribution in [0.2, 0.25) is 0 Å². The third-order valence-corrected chi connectivity index (χ3v) is 6.88. The Balaban J connectivity index is 1.38. The van der Waals surface area contributed by atoms with Gasteiger partial charge in [0, 0.05) is 25.6 Å². The molecule has 3 aliphatic rings. The first-order chi connectivity index (χ1) is 13.1. The van der Waals surface area contributed by atoms with Crippen LogP contribution in [0.15, 0.2) is 30.3 Å². The van der Waals surface area contributed by atoms with Gasteiger partial charge in [-0.2, -0.15) is 0 Å². The summed E-state index contributed by atoms with van der Waals surface area (Å²) in [4.78, 5) is 26.7. The molecule has 2 aliphatic carbocycles. The number of benzene rings is 1. The predicted molar refractivity (Wildman–Crippen MR) is 105 cm³/mol. The van der Waals surface area contributed by atoms with E-state index in [4.69, 9.17) is 0 Å². The first kappa shape index (κ1) is 18.3. The van der Waals surface area contributed by atoms with Crippen molar-refractivity contribution in [3.8, 4) is 0 Å². The van der Waals surface area contributed by atoms with E-state index >= 15 is 0 Å². The standard InChI is InChI=1S/C22H31N3O2/c1-15(19-13-16-9-10-18(19)12-16)23-22(27)24-20(17-6-3-2-4-7-17)14-25-11-5-8-21(25)26/h2-4,6-7,15-16,18-20H,5,8-14H2,1H3,(H2,23,24,27)/t15-,16-,18-,19-,20-/m0/s1. The summed E-state index contributed by atoms with van der Waals surface area (Å²) in [6, 6.07) is 9.86. The van der Waals surface area contributed by atoms with Crippen molar-refractivity contribution in [1.82, 2.24) is 15.5 Å². The number of urea groups is 1. The lowest BCUT2D eigenvalue weighted by Gasteiger charge is -2.30. The van der Waals surface area contributed by atoms with Crippen molar-refractivity contribution in [3.05, 3.63) is 35.9 Å². The summed E-state index contributed by atoms with van der Waals surface area (Å²) in [5, 5.41) is 6.32. The Morgan fingerprint density at radius 1 is 1.19 bits per heavy atom. The molecule has 1 saturated heterocycles. The van der Waals surface area contributed by atoms with E-state index in [1.54, 1.807) is 0 Å². The lowest BCUT2D eigenvalue weighted by Crippen LogP contribution is -2.48. The number of rotatable bonds is 6. The molecule has 0 radical (unpaired) electrons. The van der Waals surface area contributed by atoms with Crippen LogP contribution < -0.4 is 10.6 Å². The highest BCUT2D eigenvalue weighted by Gasteiger charge is 2.42. The molecule has 4 rings (SSSR count). The third kappa shape index (κ3) is 4.12. The second-order valence-electron chi connectivity index (χ2n) is 8.65. The molecule has 2 N–H and O–H groups in total. The molecule has 1 aliphatic heterocycles. The van der Waals surface area contributed by atoms with Gasteiger partial charge in [-0.05, 0) is 55.9 Å². The molecule has 0 unspecified atom stereocenters. The van der Waals surface area contributed by atoms with Gasteiger partial charge in [-0.15, -0.1) is 0 Å². The number of hydrogen-bond acceptors (Lipinski definition) is 2. The van der Waals surface area contributed by atoms with Crippen LogP contribution in [-0.2, 0) is 4.79 Å². The Labute approximate surface area is 161 Å². The van der Waals surface area contributed by atoms with Gasteiger partial charge in [0.1, 0.15) is 0 Å². The van der Waals surface area contributed by atoms with E-state index in [1.807, 2.05) is 35.2 Å². The van der Waals surface area contributed by atoms with E-state index in [-0.39, 0.29) is 24.0 Å². The number of carbonyl (C=O) groups excluding carboxylic acids is 2. The number of amides is 3. The zero-order valence-corrected chi connectivity index (χ0v) is 16.2. The van der Waals surface area contributed by atoms with Gasteiger partial charge in [0.25, 0.3) is 0 Å². The Bertz CT molecular complexity index is 677. The second-order valence-corrected chi connectivity index (χ2v) is 8.65. The fraction of sp³-hybridized carbons (Fsp3) is 0.636. The van der Waals surface area contributed by atoms with Crippen molar-refractivity contribution in [2.45, 2.75) is 57.5 Å². The number of nitrogens with one attached hydrogen (secondary N) is 2. The van der Waals surface area contributed by atoms with E-state index in [2.05, 4.69) is 17.6 Å². The summed E-state index contributed by atoms with van der Waals surface area (Å²) < 4.78 is 0. The zero-order valence-electron chi connectivity index (χ0n) is 16.2. The fourth-order valence-corrected chi connectivity index (χ4v) is 5.46. The molecule has 5 atom stereocenters. The first-order valence-electron chi connectivity index (χ1n) is 10.5. The molecule has 0 spiro atoms. The monoisotopic (exact) mass is 369 g/mol. The first-order valence-corrected chi connectivity index (χ1v) is 10.5. The molecule has 146 valence electrons. The van der Waals surface area contributed by atoms with E-state index in [0.717, 1.165) is 30.4 Å². The van der Waals surface area contributed by atoms with Crippen LogP contribution >= 0.6 is 0 Å². The summed E-state index contributed by atoms with van der Waals surface area (Å²) in [6.07, 6.45) is 6.84. The topological polar surface area (TPSA) is 61.4 Å². The summed E-state index contributed by atoms with van der Waals surface area (Å²) in [5.41, 5.74) is 1.04. The minimum atomic E-state index is -0.180. The summed E-state index contributed by atoms with van der Waals surface area (Å²) in [7, 11) is 0. The van der Waals surface area contributed by atoms with Crippen LogP contribution in [0.25, 0.3) is 0 Å². The summed E-state index contributed by atoms with van der Waals surface area (Å²) in [5.74, 6) is 2.47. The number of fused-ring (bicyclic) bond motifs is 2. The molecule has 3 amide bonds. The maximum Gasteiger partial charge on any atom is 0.315 e. The number of hydrogen-bond donors (Lipinski definition) is 2. The molecule has 2 saturated carbocycles. The van der Waals surface area contributed by atoms with Crippen LogP contribution in [-0.4, -0.2) is 36.0 Å². The smallest absolute Gasteiger partial charge is 0.315 e. The van der Waals surface area contributed by atoms with Crippen molar-refractivity contribution in [2.24, 2.45) is 17.8 Å².